The molecular weight excluding hydrogens is 298 g/mol. The summed E-state index contributed by atoms with van der Waals surface area (Å²) in [5.74, 6) is 1.94. The average Bonchev–Trinajstić information content (AvgIpc) is 2.89. The Bertz CT molecular complexity index is 421. The molecule has 92 valence electrons. The number of hydrogen-bond donors (Lipinski definition) is 1. The highest BCUT2D eigenvalue weighted by atomic mass is 79.9. The quantitative estimate of drug-likeness (QED) is 0.873. The number of fused-ring (bicyclic) bond motifs is 2. The second-order valence-corrected chi connectivity index (χ2v) is 6.69. The van der Waals surface area contributed by atoms with Crippen molar-refractivity contribution in [3.63, 3.8) is 0 Å². The van der Waals surface area contributed by atoms with Crippen molar-refractivity contribution in [3.05, 3.63) is 33.3 Å². The molecule has 2 bridgehead atoms. The fourth-order valence-corrected chi connectivity index (χ4v) is 4.22. The summed E-state index contributed by atoms with van der Waals surface area (Å²) < 4.78 is 1.11. The van der Waals surface area contributed by atoms with E-state index in [9.17, 15) is 0 Å². The molecule has 2 fully saturated rings. The van der Waals surface area contributed by atoms with Crippen molar-refractivity contribution in [2.45, 2.75) is 38.3 Å². The maximum absolute atomic E-state index is 5.95. The first-order valence-electron chi connectivity index (χ1n) is 6.39. The van der Waals surface area contributed by atoms with Gasteiger partial charge in [0.25, 0.3) is 0 Å². The standard InChI is InChI=1S/C14H17BrClN/c15-13-7-12(16)4-3-11(13)8-17-14-6-9-1-2-10(14)5-9/h3-4,7,9-10,14,17H,1-2,5-6,8H2. The molecule has 0 radical (unpaired) electrons. The predicted molar refractivity (Wildman–Crippen MR) is 75.2 cm³/mol. The van der Waals surface area contributed by atoms with Crippen LogP contribution in [0, 0.1) is 11.8 Å². The molecule has 3 unspecified atom stereocenters. The monoisotopic (exact) mass is 313 g/mol. The molecule has 0 spiro atoms. The maximum Gasteiger partial charge on any atom is 0.0417 e. The summed E-state index contributed by atoms with van der Waals surface area (Å²) in [5.41, 5.74) is 1.30. The number of benzene rings is 1. The molecule has 0 heterocycles. The topological polar surface area (TPSA) is 12.0 Å². The summed E-state index contributed by atoms with van der Waals surface area (Å²) in [6, 6.07) is 6.78. The van der Waals surface area contributed by atoms with Gasteiger partial charge in [0.05, 0.1) is 0 Å². The summed E-state index contributed by atoms with van der Waals surface area (Å²) in [6.45, 7) is 0.950. The third-order valence-electron chi connectivity index (χ3n) is 4.31. The van der Waals surface area contributed by atoms with Gasteiger partial charge in [0.2, 0.25) is 0 Å². The van der Waals surface area contributed by atoms with Crippen LogP contribution in [0.15, 0.2) is 22.7 Å². The highest BCUT2D eigenvalue weighted by Gasteiger charge is 2.38. The van der Waals surface area contributed by atoms with E-state index >= 15 is 0 Å². The molecule has 1 aromatic rings. The molecule has 0 aromatic heterocycles. The highest BCUT2D eigenvalue weighted by Crippen LogP contribution is 2.44. The average molecular weight is 315 g/mol. The zero-order valence-corrected chi connectivity index (χ0v) is 12.1. The van der Waals surface area contributed by atoms with Crippen LogP contribution in [-0.2, 0) is 6.54 Å². The third-order valence-corrected chi connectivity index (χ3v) is 5.28. The van der Waals surface area contributed by atoms with Crippen LogP contribution in [0.3, 0.4) is 0 Å². The summed E-state index contributed by atoms with van der Waals surface area (Å²) >= 11 is 9.52. The molecule has 2 aliphatic carbocycles. The van der Waals surface area contributed by atoms with Crippen LogP contribution < -0.4 is 5.32 Å². The lowest BCUT2D eigenvalue weighted by Crippen LogP contribution is -2.33. The van der Waals surface area contributed by atoms with Crippen LogP contribution in [-0.4, -0.2) is 6.04 Å². The minimum absolute atomic E-state index is 0.747. The maximum atomic E-state index is 5.95. The van der Waals surface area contributed by atoms with E-state index in [2.05, 4.69) is 27.3 Å². The zero-order valence-electron chi connectivity index (χ0n) is 9.76. The molecule has 1 N–H and O–H groups in total. The largest absolute Gasteiger partial charge is 0.310 e. The Balaban J connectivity index is 1.60. The van der Waals surface area contributed by atoms with Crippen LogP contribution in [0.1, 0.15) is 31.2 Å². The molecule has 2 aliphatic rings. The van der Waals surface area contributed by atoms with Gasteiger partial charge in [-0.3, -0.25) is 0 Å². The van der Waals surface area contributed by atoms with E-state index in [1.165, 1.54) is 31.2 Å². The third kappa shape index (κ3) is 2.54. The van der Waals surface area contributed by atoms with Gasteiger partial charge in [0.1, 0.15) is 0 Å². The summed E-state index contributed by atoms with van der Waals surface area (Å²) in [4.78, 5) is 0. The van der Waals surface area contributed by atoms with Gasteiger partial charge < -0.3 is 5.32 Å². The van der Waals surface area contributed by atoms with Crippen molar-refractivity contribution in [2.24, 2.45) is 11.8 Å². The Kier molecular flexibility index (Phi) is 3.47. The Morgan fingerprint density at radius 1 is 1.29 bits per heavy atom. The van der Waals surface area contributed by atoms with E-state index in [1.807, 2.05) is 12.1 Å². The van der Waals surface area contributed by atoms with Crippen molar-refractivity contribution < 1.29 is 0 Å². The molecule has 1 aromatic carbocycles. The Morgan fingerprint density at radius 2 is 2.18 bits per heavy atom. The van der Waals surface area contributed by atoms with Crippen molar-refractivity contribution in [2.75, 3.05) is 0 Å². The van der Waals surface area contributed by atoms with Gasteiger partial charge in [-0.25, -0.2) is 0 Å². The molecule has 17 heavy (non-hydrogen) atoms. The molecule has 0 saturated heterocycles. The van der Waals surface area contributed by atoms with Crippen LogP contribution in [0.25, 0.3) is 0 Å². The molecule has 0 aliphatic heterocycles. The predicted octanol–water partition coefficient (Wildman–Crippen LogP) is 4.38. The minimum Gasteiger partial charge on any atom is -0.310 e. The fraction of sp³-hybridized carbons (Fsp3) is 0.571. The van der Waals surface area contributed by atoms with Crippen LogP contribution in [0.2, 0.25) is 5.02 Å². The second-order valence-electron chi connectivity index (χ2n) is 5.40. The SMILES string of the molecule is Clc1ccc(CNC2CC3CCC2C3)c(Br)c1. The normalized spacial score (nSPS) is 31.1. The van der Waals surface area contributed by atoms with E-state index in [-0.39, 0.29) is 0 Å². The van der Waals surface area contributed by atoms with Gasteiger partial charge in [-0.15, -0.1) is 0 Å². The molecule has 1 nitrogen and oxygen atoms in total. The highest BCUT2D eigenvalue weighted by molar-refractivity contribution is 9.10. The first-order valence-corrected chi connectivity index (χ1v) is 7.57. The Morgan fingerprint density at radius 3 is 2.82 bits per heavy atom. The fourth-order valence-electron chi connectivity index (χ4n) is 3.40. The summed E-state index contributed by atoms with van der Waals surface area (Å²) in [6.07, 6.45) is 5.74. The van der Waals surface area contributed by atoms with Crippen molar-refractivity contribution in [3.8, 4) is 0 Å². The Hall–Kier alpha value is -0.0500. The lowest BCUT2D eigenvalue weighted by Gasteiger charge is -2.23. The van der Waals surface area contributed by atoms with Crippen LogP contribution in [0.5, 0.6) is 0 Å². The molecule has 2 saturated carbocycles. The summed E-state index contributed by atoms with van der Waals surface area (Å²) in [5, 5.41) is 4.51. The van der Waals surface area contributed by atoms with Gasteiger partial charge in [-0.2, -0.15) is 0 Å². The number of nitrogens with one attached hydrogen (secondary N) is 1. The first-order chi connectivity index (χ1) is 8.22. The zero-order chi connectivity index (χ0) is 11.8. The van der Waals surface area contributed by atoms with E-state index in [0.29, 0.717) is 0 Å². The van der Waals surface area contributed by atoms with Gasteiger partial charge in [0.15, 0.2) is 0 Å². The van der Waals surface area contributed by atoms with E-state index < -0.39 is 0 Å². The van der Waals surface area contributed by atoms with E-state index in [1.54, 1.807) is 0 Å². The van der Waals surface area contributed by atoms with Crippen molar-refractivity contribution in [1.29, 1.82) is 0 Å². The number of halogens is 2. The Labute approximate surface area is 116 Å². The van der Waals surface area contributed by atoms with Gasteiger partial charge in [-0.05, 0) is 48.8 Å². The molecule has 3 heteroatoms. The van der Waals surface area contributed by atoms with Crippen LogP contribution in [0.4, 0.5) is 0 Å². The van der Waals surface area contributed by atoms with Gasteiger partial charge in [0, 0.05) is 22.1 Å². The second kappa shape index (κ2) is 4.91. The van der Waals surface area contributed by atoms with E-state index in [4.69, 9.17) is 11.6 Å². The minimum atomic E-state index is 0.747. The number of rotatable bonds is 3. The number of hydrogen-bond acceptors (Lipinski definition) is 1. The molecular formula is C14H17BrClN. The van der Waals surface area contributed by atoms with Crippen LogP contribution >= 0.6 is 27.5 Å². The summed E-state index contributed by atoms with van der Waals surface area (Å²) in [7, 11) is 0. The van der Waals surface area contributed by atoms with Gasteiger partial charge in [-0.1, -0.05) is 40.0 Å². The molecule has 3 rings (SSSR count). The van der Waals surface area contributed by atoms with Crippen molar-refractivity contribution in [1.82, 2.24) is 5.32 Å². The van der Waals surface area contributed by atoms with Crippen molar-refractivity contribution >= 4 is 27.5 Å². The lowest BCUT2D eigenvalue weighted by molar-refractivity contribution is 0.350. The molecule has 3 atom stereocenters. The smallest absolute Gasteiger partial charge is 0.0417 e. The first kappa shape index (κ1) is 12.0. The lowest BCUT2D eigenvalue weighted by atomic mass is 9.95. The van der Waals surface area contributed by atoms with Gasteiger partial charge >= 0.3 is 0 Å². The molecule has 0 amide bonds. The van der Waals surface area contributed by atoms with E-state index in [0.717, 1.165) is 33.9 Å².